The lowest BCUT2D eigenvalue weighted by Crippen LogP contribution is -2.34. The number of amides is 1. The SMILES string of the molecule is CCOC(=O)/C=C/C1(c2ccc(F)cc2)C(=O)Nc2ccccc21. The summed E-state index contributed by atoms with van der Waals surface area (Å²) in [6, 6.07) is 12.9. The summed E-state index contributed by atoms with van der Waals surface area (Å²) in [5, 5.41) is 2.82. The van der Waals surface area contributed by atoms with Gasteiger partial charge >= 0.3 is 5.97 Å². The molecule has 0 radical (unpaired) electrons. The Morgan fingerprint density at radius 1 is 1.21 bits per heavy atom. The highest BCUT2D eigenvalue weighted by Crippen LogP contribution is 2.43. The summed E-state index contributed by atoms with van der Waals surface area (Å²) in [4.78, 5) is 24.5. The lowest BCUT2D eigenvalue weighted by molar-refractivity contribution is -0.137. The molecule has 0 aliphatic carbocycles. The molecule has 1 aliphatic rings. The molecule has 0 bridgehead atoms. The van der Waals surface area contributed by atoms with E-state index < -0.39 is 17.2 Å². The minimum atomic E-state index is -1.20. The fourth-order valence-electron chi connectivity index (χ4n) is 2.92. The third-order valence-corrected chi connectivity index (χ3v) is 4.01. The van der Waals surface area contributed by atoms with E-state index >= 15 is 0 Å². The van der Waals surface area contributed by atoms with Crippen molar-refractivity contribution in [2.45, 2.75) is 12.3 Å². The lowest BCUT2D eigenvalue weighted by atomic mass is 9.75. The van der Waals surface area contributed by atoms with E-state index in [0.29, 0.717) is 16.8 Å². The molecule has 0 saturated carbocycles. The quantitative estimate of drug-likeness (QED) is 0.694. The molecule has 122 valence electrons. The second-order valence-corrected chi connectivity index (χ2v) is 5.40. The van der Waals surface area contributed by atoms with Crippen molar-refractivity contribution in [3.05, 3.63) is 77.6 Å². The number of rotatable bonds is 4. The van der Waals surface area contributed by atoms with Crippen LogP contribution in [-0.2, 0) is 19.7 Å². The minimum absolute atomic E-state index is 0.246. The van der Waals surface area contributed by atoms with Crippen molar-refractivity contribution in [3.63, 3.8) is 0 Å². The molecule has 1 unspecified atom stereocenters. The molecule has 4 nitrogen and oxygen atoms in total. The van der Waals surface area contributed by atoms with Gasteiger partial charge < -0.3 is 10.1 Å². The van der Waals surface area contributed by atoms with Crippen LogP contribution in [0.3, 0.4) is 0 Å². The summed E-state index contributed by atoms with van der Waals surface area (Å²) in [6.07, 6.45) is 2.76. The van der Waals surface area contributed by atoms with Crippen LogP contribution >= 0.6 is 0 Å². The maximum Gasteiger partial charge on any atom is 0.330 e. The van der Waals surface area contributed by atoms with Gasteiger partial charge in [-0.15, -0.1) is 0 Å². The first-order valence-electron chi connectivity index (χ1n) is 7.61. The van der Waals surface area contributed by atoms with Crippen LogP contribution in [0.1, 0.15) is 18.1 Å². The molecule has 24 heavy (non-hydrogen) atoms. The molecule has 5 heteroatoms. The van der Waals surface area contributed by atoms with Gasteiger partial charge in [0.1, 0.15) is 11.2 Å². The average Bonchev–Trinajstić information content (AvgIpc) is 2.86. The number of fused-ring (bicyclic) bond motifs is 1. The van der Waals surface area contributed by atoms with Crippen LogP contribution in [0, 0.1) is 5.82 Å². The zero-order chi connectivity index (χ0) is 17.2. The molecular weight excluding hydrogens is 309 g/mol. The van der Waals surface area contributed by atoms with E-state index in [0.717, 1.165) is 0 Å². The van der Waals surface area contributed by atoms with Gasteiger partial charge in [0.25, 0.3) is 0 Å². The van der Waals surface area contributed by atoms with Gasteiger partial charge in [0.15, 0.2) is 0 Å². The Labute approximate surface area is 138 Å². The van der Waals surface area contributed by atoms with E-state index in [2.05, 4.69) is 5.32 Å². The van der Waals surface area contributed by atoms with E-state index in [9.17, 15) is 14.0 Å². The number of para-hydroxylation sites is 1. The highest BCUT2D eigenvalue weighted by molar-refractivity contribution is 6.10. The van der Waals surface area contributed by atoms with Crippen molar-refractivity contribution in [1.29, 1.82) is 0 Å². The van der Waals surface area contributed by atoms with Gasteiger partial charge in [-0.05, 0) is 36.2 Å². The van der Waals surface area contributed by atoms with E-state index in [1.807, 2.05) is 18.2 Å². The van der Waals surface area contributed by atoms with Crippen LogP contribution in [-0.4, -0.2) is 18.5 Å². The Kier molecular flexibility index (Phi) is 4.16. The third kappa shape index (κ3) is 2.58. The number of benzene rings is 2. The van der Waals surface area contributed by atoms with Crippen LogP contribution in [0.2, 0.25) is 0 Å². The fraction of sp³-hybridized carbons (Fsp3) is 0.158. The van der Waals surface area contributed by atoms with Gasteiger partial charge in [0.2, 0.25) is 5.91 Å². The van der Waals surface area contributed by atoms with Crippen LogP contribution in [0.15, 0.2) is 60.7 Å². The average molecular weight is 325 g/mol. The zero-order valence-corrected chi connectivity index (χ0v) is 13.1. The molecule has 2 aromatic carbocycles. The Balaban J connectivity index is 2.17. The molecule has 2 aromatic rings. The van der Waals surface area contributed by atoms with Gasteiger partial charge in [0.05, 0.1) is 6.61 Å². The van der Waals surface area contributed by atoms with Gasteiger partial charge in [-0.1, -0.05) is 36.4 Å². The van der Waals surface area contributed by atoms with E-state index in [-0.39, 0.29) is 12.5 Å². The Morgan fingerprint density at radius 2 is 1.92 bits per heavy atom. The molecule has 0 spiro atoms. The van der Waals surface area contributed by atoms with E-state index in [1.54, 1.807) is 25.1 Å². The summed E-state index contributed by atoms with van der Waals surface area (Å²) in [5.74, 6) is -1.22. The van der Waals surface area contributed by atoms with Gasteiger partial charge in [-0.2, -0.15) is 0 Å². The summed E-state index contributed by atoms with van der Waals surface area (Å²) in [5.41, 5.74) is 0.756. The van der Waals surface area contributed by atoms with Crippen molar-refractivity contribution in [2.75, 3.05) is 11.9 Å². The molecule has 1 amide bonds. The third-order valence-electron chi connectivity index (χ3n) is 4.01. The highest BCUT2D eigenvalue weighted by Gasteiger charge is 2.46. The Bertz CT molecular complexity index is 814. The first-order valence-corrected chi connectivity index (χ1v) is 7.61. The number of hydrogen-bond donors (Lipinski definition) is 1. The predicted octanol–water partition coefficient (Wildman–Crippen LogP) is 3.18. The highest BCUT2D eigenvalue weighted by atomic mass is 19.1. The summed E-state index contributed by atoms with van der Waals surface area (Å²) in [7, 11) is 0. The number of anilines is 1. The second-order valence-electron chi connectivity index (χ2n) is 5.40. The van der Waals surface area contributed by atoms with Crippen molar-refractivity contribution >= 4 is 17.6 Å². The number of nitrogens with one attached hydrogen (secondary N) is 1. The van der Waals surface area contributed by atoms with Crippen LogP contribution in [0.4, 0.5) is 10.1 Å². The summed E-state index contributed by atoms with van der Waals surface area (Å²) >= 11 is 0. The lowest BCUT2D eigenvalue weighted by Gasteiger charge is -2.24. The molecule has 0 aromatic heterocycles. The zero-order valence-electron chi connectivity index (χ0n) is 13.1. The first-order chi connectivity index (χ1) is 11.6. The van der Waals surface area contributed by atoms with Gasteiger partial charge in [0, 0.05) is 11.8 Å². The smallest absolute Gasteiger partial charge is 0.330 e. The molecule has 1 N–H and O–H groups in total. The largest absolute Gasteiger partial charge is 0.463 e. The molecular formula is C19H16FNO3. The number of carbonyl (C=O) groups excluding carboxylic acids is 2. The van der Waals surface area contributed by atoms with Gasteiger partial charge in [-0.25, -0.2) is 9.18 Å². The van der Waals surface area contributed by atoms with Crippen molar-refractivity contribution < 1.29 is 18.7 Å². The molecule has 1 heterocycles. The first kappa shape index (κ1) is 15.9. The van der Waals surface area contributed by atoms with Crippen molar-refractivity contribution in [2.24, 2.45) is 0 Å². The molecule has 1 aliphatic heterocycles. The number of halogens is 1. The molecule has 1 atom stereocenters. The van der Waals surface area contributed by atoms with Crippen LogP contribution < -0.4 is 5.32 Å². The Hall–Kier alpha value is -2.95. The standard InChI is InChI=1S/C19H16FNO3/c1-2-24-17(22)11-12-19(13-7-9-14(20)10-8-13)15-5-3-4-6-16(15)21-18(19)23/h3-12H,2H2,1H3,(H,21,23)/b12-11+. The van der Waals surface area contributed by atoms with Crippen LogP contribution in [0.25, 0.3) is 0 Å². The van der Waals surface area contributed by atoms with Crippen molar-refractivity contribution in [1.82, 2.24) is 0 Å². The minimum Gasteiger partial charge on any atom is -0.463 e. The topological polar surface area (TPSA) is 55.4 Å². The van der Waals surface area contributed by atoms with E-state index in [1.165, 1.54) is 24.3 Å². The van der Waals surface area contributed by atoms with Crippen LogP contribution in [0.5, 0.6) is 0 Å². The molecule has 0 saturated heterocycles. The fourth-order valence-corrected chi connectivity index (χ4v) is 2.92. The predicted molar refractivity (Wildman–Crippen MR) is 88.0 cm³/mol. The monoisotopic (exact) mass is 325 g/mol. The van der Waals surface area contributed by atoms with Gasteiger partial charge in [-0.3, -0.25) is 4.79 Å². The number of carbonyl (C=O) groups is 2. The Morgan fingerprint density at radius 3 is 2.62 bits per heavy atom. The maximum atomic E-state index is 13.3. The maximum absolute atomic E-state index is 13.3. The number of esters is 1. The summed E-state index contributed by atoms with van der Waals surface area (Å²) in [6.45, 7) is 1.95. The molecule has 3 rings (SSSR count). The summed E-state index contributed by atoms with van der Waals surface area (Å²) < 4.78 is 18.2. The normalized spacial score (nSPS) is 19.2. The number of hydrogen-bond acceptors (Lipinski definition) is 3. The van der Waals surface area contributed by atoms with E-state index in [4.69, 9.17) is 4.74 Å². The second kappa shape index (κ2) is 6.28. The molecule has 0 fully saturated rings. The van der Waals surface area contributed by atoms with Crippen molar-refractivity contribution in [3.8, 4) is 0 Å². The number of ether oxygens (including phenoxy) is 1.